The van der Waals surface area contributed by atoms with E-state index < -0.39 is 0 Å². The second kappa shape index (κ2) is 6.53. The Morgan fingerprint density at radius 1 is 1.24 bits per heavy atom. The molecule has 0 unspecified atom stereocenters. The average molecular weight is 282 g/mol. The van der Waals surface area contributed by atoms with Crippen LogP contribution >= 0.6 is 0 Å². The van der Waals surface area contributed by atoms with Crippen LogP contribution in [-0.2, 0) is 11.2 Å². The molecule has 0 atom stereocenters. The molecule has 21 heavy (non-hydrogen) atoms. The van der Waals surface area contributed by atoms with Crippen LogP contribution in [0.4, 0.5) is 5.69 Å². The van der Waals surface area contributed by atoms with Crippen LogP contribution in [0.25, 0.3) is 0 Å². The molecule has 1 aromatic carbocycles. The molecule has 110 valence electrons. The molecular formula is C18H22N2O. The normalized spacial score (nSPS) is 10.7. The zero-order valence-electron chi connectivity index (χ0n) is 13.1. The second-order valence-electron chi connectivity index (χ2n) is 5.74. The third-order valence-electron chi connectivity index (χ3n) is 3.45. The number of amides is 1. The summed E-state index contributed by atoms with van der Waals surface area (Å²) >= 11 is 0. The monoisotopic (exact) mass is 282 g/mol. The first-order valence-corrected chi connectivity index (χ1v) is 7.28. The predicted octanol–water partition coefficient (Wildman–Crippen LogP) is 4.00. The number of nitrogens with zero attached hydrogens (tertiary/aromatic N) is 1. The number of carbonyl (C=O) groups excluding carboxylic acids is 1. The van der Waals surface area contributed by atoms with Gasteiger partial charge in [0.25, 0.3) is 0 Å². The minimum atomic E-state index is -0.0272. The van der Waals surface area contributed by atoms with Crippen molar-refractivity contribution in [3.05, 3.63) is 58.9 Å². The van der Waals surface area contributed by atoms with Gasteiger partial charge in [-0.2, -0.15) is 0 Å². The van der Waals surface area contributed by atoms with Gasteiger partial charge >= 0.3 is 0 Å². The average Bonchev–Trinajstić information content (AvgIpc) is 2.38. The van der Waals surface area contributed by atoms with Crippen LogP contribution < -0.4 is 5.32 Å². The zero-order chi connectivity index (χ0) is 15.4. The highest BCUT2D eigenvalue weighted by molar-refractivity contribution is 5.93. The van der Waals surface area contributed by atoms with E-state index in [1.165, 1.54) is 11.1 Å². The smallest absolute Gasteiger partial charge is 0.230 e. The fourth-order valence-electron chi connectivity index (χ4n) is 2.71. The van der Waals surface area contributed by atoms with Crippen molar-refractivity contribution in [3.63, 3.8) is 0 Å². The number of hydrogen-bond donors (Lipinski definition) is 1. The summed E-state index contributed by atoms with van der Waals surface area (Å²) in [5.74, 6) is 0.344. The van der Waals surface area contributed by atoms with Crippen molar-refractivity contribution in [3.8, 4) is 0 Å². The van der Waals surface area contributed by atoms with E-state index in [0.29, 0.717) is 12.3 Å². The van der Waals surface area contributed by atoms with Crippen molar-refractivity contribution in [2.45, 2.75) is 40.0 Å². The molecule has 0 radical (unpaired) electrons. The Balaban J connectivity index is 2.21. The summed E-state index contributed by atoms with van der Waals surface area (Å²) < 4.78 is 0. The lowest BCUT2D eigenvalue weighted by Gasteiger charge is -2.18. The van der Waals surface area contributed by atoms with E-state index in [1.807, 2.05) is 31.2 Å². The summed E-state index contributed by atoms with van der Waals surface area (Å²) in [5, 5.41) is 3.04. The topological polar surface area (TPSA) is 42.0 Å². The number of anilines is 1. The van der Waals surface area contributed by atoms with E-state index in [-0.39, 0.29) is 5.91 Å². The largest absolute Gasteiger partial charge is 0.325 e. The molecule has 3 nitrogen and oxygen atoms in total. The third kappa shape index (κ3) is 3.91. The Labute approximate surface area is 126 Å². The highest BCUT2D eigenvalue weighted by atomic mass is 16.1. The number of aryl methyl sites for hydroxylation is 2. The fraction of sp³-hybridized carbons (Fsp3) is 0.333. The van der Waals surface area contributed by atoms with Crippen molar-refractivity contribution in [2.75, 3.05) is 5.32 Å². The quantitative estimate of drug-likeness (QED) is 0.920. The van der Waals surface area contributed by atoms with E-state index in [4.69, 9.17) is 0 Å². The van der Waals surface area contributed by atoms with Crippen LogP contribution in [-0.4, -0.2) is 10.9 Å². The number of rotatable bonds is 4. The first kappa shape index (κ1) is 15.2. The number of hydrogen-bond acceptors (Lipinski definition) is 2. The SMILES string of the molecule is Cc1cc(C)c(C(C)C)c(NC(=O)Cc2ccccn2)c1. The highest BCUT2D eigenvalue weighted by Gasteiger charge is 2.13. The van der Waals surface area contributed by atoms with Crippen molar-refractivity contribution in [2.24, 2.45) is 0 Å². The van der Waals surface area contributed by atoms with Gasteiger partial charge in [0.1, 0.15) is 0 Å². The minimum absolute atomic E-state index is 0.0272. The number of aromatic nitrogens is 1. The van der Waals surface area contributed by atoms with E-state index in [0.717, 1.165) is 16.9 Å². The summed E-state index contributed by atoms with van der Waals surface area (Å²) in [7, 11) is 0. The third-order valence-corrected chi connectivity index (χ3v) is 3.45. The van der Waals surface area contributed by atoms with Crippen LogP contribution in [0.3, 0.4) is 0 Å². The number of pyridine rings is 1. The van der Waals surface area contributed by atoms with Crippen molar-refractivity contribution >= 4 is 11.6 Å². The molecule has 2 aromatic rings. The summed E-state index contributed by atoms with van der Waals surface area (Å²) in [6, 6.07) is 9.81. The predicted molar refractivity (Wildman–Crippen MR) is 86.6 cm³/mol. The lowest BCUT2D eigenvalue weighted by Crippen LogP contribution is -2.17. The first-order valence-electron chi connectivity index (χ1n) is 7.28. The van der Waals surface area contributed by atoms with E-state index in [1.54, 1.807) is 6.20 Å². The fourth-order valence-corrected chi connectivity index (χ4v) is 2.71. The number of benzene rings is 1. The molecule has 0 fully saturated rings. The van der Waals surface area contributed by atoms with Gasteiger partial charge in [0.2, 0.25) is 5.91 Å². The maximum Gasteiger partial charge on any atom is 0.230 e. The van der Waals surface area contributed by atoms with Crippen LogP contribution in [0.1, 0.15) is 42.1 Å². The van der Waals surface area contributed by atoms with Crippen LogP contribution in [0.2, 0.25) is 0 Å². The maximum atomic E-state index is 12.2. The van der Waals surface area contributed by atoms with Gasteiger partial charge in [-0.15, -0.1) is 0 Å². The van der Waals surface area contributed by atoms with Gasteiger partial charge in [0, 0.05) is 17.6 Å². The van der Waals surface area contributed by atoms with E-state index in [9.17, 15) is 4.79 Å². The summed E-state index contributed by atoms with van der Waals surface area (Å²) in [6.07, 6.45) is 2.00. The van der Waals surface area contributed by atoms with Crippen molar-refractivity contribution < 1.29 is 4.79 Å². The number of nitrogens with one attached hydrogen (secondary N) is 1. The molecule has 1 amide bonds. The van der Waals surface area contributed by atoms with Gasteiger partial charge in [0.15, 0.2) is 0 Å². The van der Waals surface area contributed by atoms with Gasteiger partial charge in [-0.25, -0.2) is 0 Å². The van der Waals surface area contributed by atoms with E-state index >= 15 is 0 Å². The van der Waals surface area contributed by atoms with Gasteiger partial charge in [-0.3, -0.25) is 9.78 Å². The Morgan fingerprint density at radius 2 is 2.00 bits per heavy atom. The Morgan fingerprint density at radius 3 is 2.62 bits per heavy atom. The molecule has 0 saturated heterocycles. The van der Waals surface area contributed by atoms with Gasteiger partial charge < -0.3 is 5.32 Å². The van der Waals surface area contributed by atoms with Gasteiger partial charge in [0.05, 0.1) is 6.42 Å². The molecule has 1 heterocycles. The van der Waals surface area contributed by atoms with Crippen molar-refractivity contribution in [1.29, 1.82) is 0 Å². The van der Waals surface area contributed by atoms with Crippen LogP contribution in [0, 0.1) is 13.8 Å². The van der Waals surface area contributed by atoms with Crippen LogP contribution in [0.15, 0.2) is 36.5 Å². The Kier molecular flexibility index (Phi) is 4.73. The standard InChI is InChI=1S/C18H22N2O/c1-12(2)18-14(4)9-13(3)10-16(18)20-17(21)11-15-7-5-6-8-19-15/h5-10,12H,11H2,1-4H3,(H,20,21). The lowest BCUT2D eigenvalue weighted by atomic mass is 9.94. The Bertz CT molecular complexity index is 633. The molecule has 3 heteroatoms. The first-order chi connectivity index (χ1) is 9.97. The second-order valence-corrected chi connectivity index (χ2v) is 5.74. The molecule has 0 aliphatic heterocycles. The molecular weight excluding hydrogens is 260 g/mol. The van der Waals surface area contributed by atoms with Gasteiger partial charge in [-0.05, 0) is 54.7 Å². The molecule has 0 bridgehead atoms. The minimum Gasteiger partial charge on any atom is -0.325 e. The highest BCUT2D eigenvalue weighted by Crippen LogP contribution is 2.29. The summed E-state index contributed by atoms with van der Waals surface area (Å²) in [5.41, 5.74) is 5.28. The molecule has 0 spiro atoms. The molecule has 0 saturated carbocycles. The molecule has 1 aromatic heterocycles. The summed E-state index contributed by atoms with van der Waals surface area (Å²) in [4.78, 5) is 16.4. The number of carbonyl (C=O) groups is 1. The molecule has 1 N–H and O–H groups in total. The van der Waals surface area contributed by atoms with Crippen molar-refractivity contribution in [1.82, 2.24) is 4.98 Å². The zero-order valence-corrected chi connectivity index (χ0v) is 13.1. The van der Waals surface area contributed by atoms with E-state index in [2.05, 4.69) is 37.1 Å². The maximum absolute atomic E-state index is 12.2. The molecule has 2 rings (SSSR count). The Hall–Kier alpha value is -2.16. The van der Waals surface area contributed by atoms with Crippen LogP contribution in [0.5, 0.6) is 0 Å². The summed E-state index contributed by atoms with van der Waals surface area (Å²) in [6.45, 7) is 8.43. The molecule has 0 aliphatic carbocycles. The van der Waals surface area contributed by atoms with Gasteiger partial charge in [-0.1, -0.05) is 26.0 Å². The lowest BCUT2D eigenvalue weighted by molar-refractivity contribution is -0.115. The molecule has 0 aliphatic rings.